The molecule has 0 saturated heterocycles. The average molecular weight is 493 g/mol. The van der Waals surface area contributed by atoms with Gasteiger partial charge in [0.25, 0.3) is 11.6 Å². The van der Waals surface area contributed by atoms with Gasteiger partial charge in [0, 0.05) is 18.6 Å². The summed E-state index contributed by atoms with van der Waals surface area (Å²) in [7, 11) is 0. The number of carbonyl (C=O) groups excluding carboxylic acids is 3. The number of benzene rings is 1. The lowest BCUT2D eigenvalue weighted by Gasteiger charge is -2.24. The lowest BCUT2D eigenvalue weighted by Crippen LogP contribution is -2.52. The largest absolute Gasteiger partial charge is 0.467 e. The Morgan fingerprint density at radius 1 is 1.09 bits per heavy atom. The number of rotatable bonds is 13. The number of nitro benzene ring substituents is 1. The molecule has 35 heavy (non-hydrogen) atoms. The second kappa shape index (κ2) is 13.2. The first-order valence-corrected chi connectivity index (χ1v) is 11.0. The zero-order valence-corrected chi connectivity index (χ0v) is 19.4. The quantitative estimate of drug-likeness (QED) is 0.189. The minimum atomic E-state index is -2.33. The molecule has 1 heterocycles. The average Bonchev–Trinajstić information content (AvgIpc) is 3.35. The predicted octanol–water partition coefficient (Wildman–Crippen LogP) is 2.43. The van der Waals surface area contributed by atoms with Crippen molar-refractivity contribution in [3.8, 4) is 0 Å². The maximum atomic E-state index is 14.7. The second-order valence-corrected chi connectivity index (χ2v) is 8.44. The molecule has 190 valence electrons. The highest BCUT2D eigenvalue weighted by molar-refractivity contribution is 5.92. The summed E-state index contributed by atoms with van der Waals surface area (Å²) in [4.78, 5) is 47.9. The smallest absolute Gasteiger partial charge is 0.278 e. The van der Waals surface area contributed by atoms with Crippen LogP contribution in [0, 0.1) is 22.0 Å². The molecule has 2 rings (SSSR count). The zero-order valence-electron chi connectivity index (χ0n) is 19.4. The van der Waals surface area contributed by atoms with Crippen LogP contribution in [0.4, 0.5) is 10.1 Å². The zero-order chi connectivity index (χ0) is 26.0. The summed E-state index contributed by atoms with van der Waals surface area (Å²) in [5, 5.41) is 24.8. The molecule has 0 fully saturated rings. The highest BCUT2D eigenvalue weighted by Gasteiger charge is 2.35. The van der Waals surface area contributed by atoms with E-state index >= 15 is 0 Å². The van der Waals surface area contributed by atoms with Gasteiger partial charge in [0.05, 0.1) is 23.6 Å². The molecule has 1 aromatic heterocycles. The van der Waals surface area contributed by atoms with Gasteiger partial charge in [-0.05, 0) is 30.0 Å². The summed E-state index contributed by atoms with van der Waals surface area (Å²) >= 11 is 0. The Hall–Kier alpha value is -3.80. The summed E-state index contributed by atoms with van der Waals surface area (Å²) in [5.41, 5.74) is 1.59. The number of nitrogens with one attached hydrogen (secondary N) is 3. The molecule has 3 amide bonds. The molecule has 0 saturated carbocycles. The number of amides is 3. The van der Waals surface area contributed by atoms with E-state index in [9.17, 15) is 28.9 Å². The molecule has 3 atom stereocenters. The van der Waals surface area contributed by atoms with Crippen molar-refractivity contribution in [3.63, 3.8) is 0 Å². The van der Waals surface area contributed by atoms with Gasteiger partial charge >= 0.3 is 0 Å². The molecule has 0 bridgehead atoms. The Morgan fingerprint density at radius 2 is 1.77 bits per heavy atom. The highest BCUT2D eigenvalue weighted by Crippen LogP contribution is 2.20. The van der Waals surface area contributed by atoms with Gasteiger partial charge in [-0.15, -0.1) is 0 Å². The van der Waals surface area contributed by atoms with Crippen molar-refractivity contribution in [2.75, 3.05) is 0 Å². The topological polar surface area (TPSA) is 164 Å². The van der Waals surface area contributed by atoms with Crippen molar-refractivity contribution in [3.05, 3.63) is 64.1 Å². The molecule has 12 heteroatoms. The van der Waals surface area contributed by atoms with Crippen LogP contribution >= 0.6 is 0 Å². The maximum absolute atomic E-state index is 14.7. The van der Waals surface area contributed by atoms with Crippen LogP contribution in [0.2, 0.25) is 0 Å². The van der Waals surface area contributed by atoms with E-state index in [1.54, 1.807) is 12.1 Å². The highest BCUT2D eigenvalue weighted by atomic mass is 19.1. The lowest BCUT2D eigenvalue weighted by molar-refractivity contribution is -0.384. The van der Waals surface area contributed by atoms with Crippen LogP contribution < -0.4 is 16.1 Å². The monoisotopic (exact) mass is 492 g/mol. The number of carbonyl (C=O) groups is 3. The van der Waals surface area contributed by atoms with Crippen molar-refractivity contribution in [1.29, 1.82) is 0 Å². The molecular weight excluding hydrogens is 463 g/mol. The molecular formula is C23H29FN4O7. The van der Waals surface area contributed by atoms with E-state index in [0.29, 0.717) is 17.7 Å². The number of hydrogen-bond acceptors (Lipinski definition) is 7. The number of nitro groups is 1. The van der Waals surface area contributed by atoms with Crippen LogP contribution in [-0.2, 0) is 27.3 Å². The Bertz CT molecular complexity index is 996. The molecule has 0 aliphatic rings. The van der Waals surface area contributed by atoms with Gasteiger partial charge < -0.3 is 15.1 Å². The minimum absolute atomic E-state index is 0.0103. The van der Waals surface area contributed by atoms with Gasteiger partial charge in [0.15, 0.2) is 6.17 Å². The Balaban J connectivity index is 2.22. The number of non-ortho nitro benzene ring substituents is 1. The summed E-state index contributed by atoms with van der Waals surface area (Å²) in [6, 6.07) is 7.55. The van der Waals surface area contributed by atoms with Crippen molar-refractivity contribution in [2.45, 2.75) is 51.9 Å². The van der Waals surface area contributed by atoms with Crippen LogP contribution in [0.25, 0.3) is 0 Å². The summed E-state index contributed by atoms with van der Waals surface area (Å²) in [5.74, 6) is -3.69. The molecule has 0 radical (unpaired) electrons. The third-order valence-corrected chi connectivity index (χ3v) is 5.34. The first-order valence-electron chi connectivity index (χ1n) is 11.0. The number of hydrogen-bond donors (Lipinski definition) is 4. The van der Waals surface area contributed by atoms with Crippen molar-refractivity contribution < 1.29 is 33.3 Å². The number of hydroxylamine groups is 1. The Kier molecular flexibility index (Phi) is 10.3. The van der Waals surface area contributed by atoms with Gasteiger partial charge in [-0.25, -0.2) is 9.87 Å². The van der Waals surface area contributed by atoms with Crippen molar-refractivity contribution >= 4 is 23.4 Å². The SMILES string of the molecule is CC(C)CC[C@@H](C(=O)N[C@@H](Cc1ccc([N+](=O)[O-])cc1)C(=O)NCc1ccco1)[C@@H](F)C(=O)NO. The molecule has 11 nitrogen and oxygen atoms in total. The Morgan fingerprint density at radius 3 is 2.31 bits per heavy atom. The summed E-state index contributed by atoms with van der Waals surface area (Å²) in [6.07, 6.45) is -0.506. The summed E-state index contributed by atoms with van der Waals surface area (Å²) < 4.78 is 19.9. The standard InChI is InChI=1S/C23H29FN4O7/c1-14(2)5-10-18(20(24)23(31)27-32)21(29)26-19(22(30)25-13-17-4-3-11-35-17)12-15-6-8-16(9-7-15)28(33)34/h3-4,6-9,11,14,18-20,32H,5,10,12-13H2,1-2H3,(H,25,30)(H,26,29)(H,27,31)/t18-,19+,20-/m1/s1. The number of furan rings is 1. The number of alkyl halides is 1. The van der Waals surface area contributed by atoms with Crippen molar-refractivity contribution in [1.82, 2.24) is 16.1 Å². The molecule has 0 unspecified atom stereocenters. The van der Waals surface area contributed by atoms with E-state index in [1.807, 2.05) is 13.8 Å². The van der Waals surface area contributed by atoms with Crippen LogP contribution in [0.3, 0.4) is 0 Å². The van der Waals surface area contributed by atoms with E-state index in [0.717, 1.165) is 0 Å². The van der Waals surface area contributed by atoms with Gasteiger partial charge in [0.1, 0.15) is 11.8 Å². The van der Waals surface area contributed by atoms with E-state index in [-0.39, 0.29) is 31.0 Å². The lowest BCUT2D eigenvalue weighted by atomic mass is 9.92. The second-order valence-electron chi connectivity index (χ2n) is 8.44. The molecule has 0 aliphatic carbocycles. The predicted molar refractivity (Wildman–Crippen MR) is 122 cm³/mol. The van der Waals surface area contributed by atoms with Crippen LogP contribution in [0.5, 0.6) is 0 Å². The van der Waals surface area contributed by atoms with E-state index in [4.69, 9.17) is 9.62 Å². The van der Waals surface area contributed by atoms with E-state index in [2.05, 4.69) is 10.6 Å². The number of halogens is 1. The van der Waals surface area contributed by atoms with E-state index < -0.39 is 40.8 Å². The third kappa shape index (κ3) is 8.49. The maximum Gasteiger partial charge on any atom is 0.278 e. The third-order valence-electron chi connectivity index (χ3n) is 5.34. The first-order chi connectivity index (χ1) is 16.6. The normalized spacial score (nSPS) is 13.5. The molecule has 0 spiro atoms. The van der Waals surface area contributed by atoms with Crippen LogP contribution in [-0.4, -0.2) is 40.1 Å². The van der Waals surface area contributed by atoms with Gasteiger partial charge in [-0.2, -0.15) is 0 Å². The van der Waals surface area contributed by atoms with Crippen LogP contribution in [0.1, 0.15) is 38.0 Å². The van der Waals surface area contributed by atoms with Crippen LogP contribution in [0.15, 0.2) is 47.1 Å². The fraction of sp³-hybridized carbons (Fsp3) is 0.435. The van der Waals surface area contributed by atoms with Gasteiger partial charge in [0.2, 0.25) is 11.8 Å². The Labute approximate surface area is 201 Å². The summed E-state index contributed by atoms with van der Waals surface area (Å²) in [6.45, 7) is 3.77. The fourth-order valence-corrected chi connectivity index (χ4v) is 3.36. The molecule has 0 aliphatic heterocycles. The van der Waals surface area contributed by atoms with Crippen molar-refractivity contribution in [2.24, 2.45) is 11.8 Å². The molecule has 2 aromatic rings. The van der Waals surface area contributed by atoms with E-state index in [1.165, 1.54) is 36.0 Å². The van der Waals surface area contributed by atoms with Gasteiger partial charge in [-0.1, -0.05) is 32.4 Å². The fourth-order valence-electron chi connectivity index (χ4n) is 3.36. The minimum Gasteiger partial charge on any atom is -0.467 e. The molecule has 1 aromatic carbocycles. The van der Waals surface area contributed by atoms with Gasteiger partial charge in [-0.3, -0.25) is 29.7 Å². The molecule has 4 N–H and O–H groups in total. The number of nitrogens with zero attached hydrogens (tertiary/aromatic N) is 1. The first kappa shape index (κ1) is 27.4.